The first kappa shape index (κ1) is 27.5. The number of likely N-dealkylation sites (N-methyl/N-ethyl adjacent to an activating group) is 1. The fraction of sp³-hybridized carbons (Fsp3) is 0.464. The minimum Gasteiger partial charge on any atom is -0.488 e. The van der Waals surface area contributed by atoms with Crippen molar-refractivity contribution in [3.8, 4) is 5.75 Å². The van der Waals surface area contributed by atoms with Gasteiger partial charge in [0.05, 0.1) is 15.5 Å². The van der Waals surface area contributed by atoms with Crippen molar-refractivity contribution in [2.45, 2.75) is 68.4 Å². The summed E-state index contributed by atoms with van der Waals surface area (Å²) in [6.45, 7) is 9.06. The van der Waals surface area contributed by atoms with Crippen LogP contribution in [0.3, 0.4) is 0 Å². The number of esters is 1. The molecule has 0 amide bonds. The van der Waals surface area contributed by atoms with Crippen molar-refractivity contribution in [2.24, 2.45) is 0 Å². The fourth-order valence-electron chi connectivity index (χ4n) is 3.92. The molecule has 0 bridgehead atoms. The van der Waals surface area contributed by atoms with Gasteiger partial charge in [-0.3, -0.25) is 0 Å². The molecule has 3 rings (SSSR count). The number of carbonyl (C=O) groups excluding carboxylic acids is 1. The SMILES string of the molecule is CCCCC1CN(c2ccccc2)c2cc(SC)c(OC/C=C/C(=O)OC(C)(C)C)cc2SN1C. The van der Waals surface area contributed by atoms with E-state index >= 15 is 0 Å². The lowest BCUT2D eigenvalue weighted by molar-refractivity contribution is -0.148. The number of thioether (sulfide) groups is 1. The van der Waals surface area contributed by atoms with Crippen LogP contribution in [0.2, 0.25) is 0 Å². The van der Waals surface area contributed by atoms with Crippen LogP contribution >= 0.6 is 23.7 Å². The quantitative estimate of drug-likeness (QED) is 0.150. The second kappa shape index (κ2) is 12.7. The molecule has 1 heterocycles. The van der Waals surface area contributed by atoms with Crippen molar-refractivity contribution in [2.75, 3.05) is 31.4 Å². The summed E-state index contributed by atoms with van der Waals surface area (Å²) < 4.78 is 13.8. The maximum Gasteiger partial charge on any atom is 0.331 e. The van der Waals surface area contributed by atoms with Gasteiger partial charge in [0.15, 0.2) is 0 Å². The van der Waals surface area contributed by atoms with Crippen LogP contribution in [-0.4, -0.2) is 48.4 Å². The molecule has 0 saturated heterocycles. The van der Waals surface area contributed by atoms with Crippen LogP contribution in [-0.2, 0) is 9.53 Å². The number of rotatable bonds is 9. The Morgan fingerprint density at radius 2 is 1.97 bits per heavy atom. The molecule has 1 aliphatic rings. The van der Waals surface area contributed by atoms with E-state index < -0.39 is 5.60 Å². The molecule has 0 saturated carbocycles. The summed E-state index contributed by atoms with van der Waals surface area (Å²) in [5, 5.41) is 0. The number of hydrogen-bond donors (Lipinski definition) is 0. The van der Waals surface area contributed by atoms with Crippen LogP contribution in [0.15, 0.2) is 64.4 Å². The third-order valence-corrected chi connectivity index (χ3v) is 7.51. The zero-order valence-electron chi connectivity index (χ0n) is 21.7. The van der Waals surface area contributed by atoms with Crippen LogP contribution in [0.5, 0.6) is 5.75 Å². The van der Waals surface area contributed by atoms with Gasteiger partial charge in [0.2, 0.25) is 0 Å². The van der Waals surface area contributed by atoms with Gasteiger partial charge in [0.25, 0.3) is 0 Å². The first-order valence-corrected chi connectivity index (χ1v) is 14.2. The van der Waals surface area contributed by atoms with E-state index in [-0.39, 0.29) is 5.97 Å². The van der Waals surface area contributed by atoms with Crippen LogP contribution in [0.1, 0.15) is 47.0 Å². The van der Waals surface area contributed by atoms with Crippen LogP contribution in [0.4, 0.5) is 11.4 Å². The van der Waals surface area contributed by atoms with Crippen molar-refractivity contribution >= 4 is 41.1 Å². The van der Waals surface area contributed by atoms with Crippen molar-refractivity contribution in [3.05, 3.63) is 54.6 Å². The highest BCUT2D eigenvalue weighted by Crippen LogP contribution is 2.45. The molecule has 0 spiro atoms. The van der Waals surface area contributed by atoms with Crippen molar-refractivity contribution in [3.63, 3.8) is 0 Å². The van der Waals surface area contributed by atoms with E-state index in [1.54, 1.807) is 29.8 Å². The average Bonchev–Trinajstić information content (AvgIpc) is 2.94. The van der Waals surface area contributed by atoms with Gasteiger partial charge < -0.3 is 14.4 Å². The summed E-state index contributed by atoms with van der Waals surface area (Å²) in [5.41, 5.74) is 1.90. The molecule has 2 aromatic rings. The second-order valence-corrected chi connectivity index (χ2v) is 11.6. The third kappa shape index (κ3) is 7.95. The van der Waals surface area contributed by atoms with Gasteiger partial charge in [0, 0.05) is 24.4 Å². The number of unbranched alkanes of at least 4 members (excludes halogenated alkanes) is 1. The first-order chi connectivity index (χ1) is 16.7. The molecule has 0 fully saturated rings. The van der Waals surface area contributed by atoms with Crippen LogP contribution < -0.4 is 9.64 Å². The minimum atomic E-state index is -0.506. The number of hydrogen-bond acceptors (Lipinski definition) is 7. The summed E-state index contributed by atoms with van der Waals surface area (Å²) >= 11 is 3.45. The Hall–Kier alpha value is -2.09. The molecule has 1 aliphatic heterocycles. The highest BCUT2D eigenvalue weighted by atomic mass is 32.2. The number of nitrogens with zero attached hydrogens (tertiary/aromatic N) is 2. The molecule has 0 aliphatic carbocycles. The average molecular weight is 515 g/mol. The molecule has 5 nitrogen and oxygen atoms in total. The van der Waals surface area contributed by atoms with Gasteiger partial charge in [-0.25, -0.2) is 9.10 Å². The maximum atomic E-state index is 12.0. The predicted molar refractivity (Wildman–Crippen MR) is 149 cm³/mol. The van der Waals surface area contributed by atoms with E-state index in [4.69, 9.17) is 9.47 Å². The summed E-state index contributed by atoms with van der Waals surface area (Å²) in [7, 11) is 2.19. The molecule has 190 valence electrons. The Bertz CT molecular complexity index is 1010. The summed E-state index contributed by atoms with van der Waals surface area (Å²) in [5.74, 6) is 0.466. The largest absolute Gasteiger partial charge is 0.488 e. The van der Waals surface area contributed by atoms with Gasteiger partial charge in [-0.15, -0.1) is 11.8 Å². The number of carbonyl (C=O) groups is 1. The molecule has 0 aromatic heterocycles. The van der Waals surface area contributed by atoms with E-state index in [0.29, 0.717) is 12.6 Å². The molecule has 2 aromatic carbocycles. The normalized spacial score (nSPS) is 16.7. The number of para-hydroxylation sites is 1. The number of ether oxygens (including phenoxy) is 2. The highest BCUT2D eigenvalue weighted by molar-refractivity contribution is 7.98. The number of benzene rings is 2. The lowest BCUT2D eigenvalue weighted by atomic mass is 10.1. The number of anilines is 2. The Morgan fingerprint density at radius 3 is 2.63 bits per heavy atom. The standard InChI is InChI=1S/C28H38N2O3S2/c1-7-8-13-22-20-30(21-14-10-9-11-15-21)23-18-26(34-6)24(19-25(23)35-29(22)5)32-17-12-16-27(31)33-28(2,3)4/h9-12,14-16,18-19,22H,7-8,13,17,20H2,1-6H3/b16-12+. The lowest BCUT2D eigenvalue weighted by Gasteiger charge is -2.30. The predicted octanol–water partition coefficient (Wildman–Crippen LogP) is 7.33. The molecule has 0 N–H and O–H groups in total. The zero-order valence-corrected chi connectivity index (χ0v) is 23.4. The van der Waals surface area contributed by atoms with E-state index in [1.165, 1.54) is 35.2 Å². The van der Waals surface area contributed by atoms with Crippen molar-refractivity contribution < 1.29 is 14.3 Å². The van der Waals surface area contributed by atoms with E-state index in [9.17, 15) is 4.79 Å². The zero-order chi connectivity index (χ0) is 25.4. The van der Waals surface area contributed by atoms with Gasteiger partial charge in [-0.2, -0.15) is 0 Å². The van der Waals surface area contributed by atoms with E-state index in [0.717, 1.165) is 23.6 Å². The molecule has 35 heavy (non-hydrogen) atoms. The highest BCUT2D eigenvalue weighted by Gasteiger charge is 2.28. The van der Waals surface area contributed by atoms with Gasteiger partial charge >= 0.3 is 5.97 Å². The Kier molecular flexibility index (Phi) is 10.0. The molecular weight excluding hydrogens is 476 g/mol. The number of fused-ring (bicyclic) bond motifs is 1. The lowest BCUT2D eigenvalue weighted by Crippen LogP contribution is -2.35. The molecule has 0 radical (unpaired) electrons. The molecule has 1 atom stereocenters. The molecule has 1 unspecified atom stereocenters. The topological polar surface area (TPSA) is 42.0 Å². The van der Waals surface area contributed by atoms with Gasteiger partial charge in [0.1, 0.15) is 18.0 Å². The smallest absolute Gasteiger partial charge is 0.331 e. The van der Waals surface area contributed by atoms with E-state index in [2.05, 4.69) is 71.9 Å². The molecular formula is C28H38N2O3S2. The minimum absolute atomic E-state index is 0.299. The summed E-state index contributed by atoms with van der Waals surface area (Å²) in [4.78, 5) is 16.6. The molecule has 7 heteroatoms. The Labute approximate surface area is 219 Å². The monoisotopic (exact) mass is 514 g/mol. The summed E-state index contributed by atoms with van der Waals surface area (Å²) in [6.07, 6.45) is 8.77. The first-order valence-electron chi connectivity index (χ1n) is 12.2. The van der Waals surface area contributed by atoms with Crippen molar-refractivity contribution in [1.29, 1.82) is 0 Å². The van der Waals surface area contributed by atoms with Crippen LogP contribution in [0.25, 0.3) is 0 Å². The fourth-order valence-corrected chi connectivity index (χ4v) is 5.53. The second-order valence-electron chi connectivity index (χ2n) is 9.60. The van der Waals surface area contributed by atoms with E-state index in [1.807, 2.05) is 20.8 Å². The van der Waals surface area contributed by atoms with Crippen LogP contribution in [0, 0.1) is 0 Å². The Morgan fingerprint density at radius 1 is 1.23 bits per heavy atom. The summed E-state index contributed by atoms with van der Waals surface area (Å²) in [6, 6.07) is 15.4. The van der Waals surface area contributed by atoms with Crippen molar-refractivity contribution in [1.82, 2.24) is 4.31 Å². The maximum absolute atomic E-state index is 12.0. The Balaban J connectivity index is 1.87. The van der Waals surface area contributed by atoms with Gasteiger partial charge in [-0.05, 0) is 82.8 Å². The third-order valence-electron chi connectivity index (χ3n) is 5.64. The van der Waals surface area contributed by atoms with Gasteiger partial charge in [-0.1, -0.05) is 38.0 Å².